The second-order valence-corrected chi connectivity index (χ2v) is 5.60. The molecule has 2 rings (SSSR count). The number of nitrogens with zero attached hydrogens (tertiary/aromatic N) is 1. The second kappa shape index (κ2) is 4.33. The number of halogens is 1. The molecule has 4 heteroatoms. The quantitative estimate of drug-likeness (QED) is 0.797. The Morgan fingerprint density at radius 2 is 2.06 bits per heavy atom. The fraction of sp³-hybridized carbons (Fsp3) is 0.462. The predicted molar refractivity (Wildman–Crippen MR) is 71.5 cm³/mol. The normalized spacial score (nSPS) is 19.3. The van der Waals surface area contributed by atoms with E-state index in [1.165, 1.54) is 0 Å². The van der Waals surface area contributed by atoms with Gasteiger partial charge >= 0.3 is 0 Å². The smallest absolute Gasteiger partial charge is 0.268 e. The molecule has 17 heavy (non-hydrogen) atoms. The number of rotatable bonds is 1. The summed E-state index contributed by atoms with van der Waals surface area (Å²) in [6.45, 7) is 5.98. The van der Waals surface area contributed by atoms with Crippen molar-refractivity contribution in [1.82, 2.24) is 0 Å². The van der Waals surface area contributed by atoms with Crippen molar-refractivity contribution in [2.75, 3.05) is 11.9 Å². The first kappa shape index (κ1) is 12.4. The Labute approximate surface area is 110 Å². The van der Waals surface area contributed by atoms with Gasteiger partial charge in [-0.25, -0.2) is 0 Å². The van der Waals surface area contributed by atoms with E-state index in [9.17, 15) is 4.79 Å². The van der Waals surface area contributed by atoms with Crippen LogP contribution in [0.4, 0.5) is 5.69 Å². The maximum atomic E-state index is 12.1. The molecule has 0 saturated heterocycles. The lowest BCUT2D eigenvalue weighted by Crippen LogP contribution is -2.46. The van der Waals surface area contributed by atoms with Crippen LogP contribution in [0.5, 0.6) is 5.75 Å². The van der Waals surface area contributed by atoms with E-state index in [-0.39, 0.29) is 17.9 Å². The van der Waals surface area contributed by atoms with Crippen LogP contribution < -0.4 is 9.64 Å². The summed E-state index contributed by atoms with van der Waals surface area (Å²) in [4.78, 5) is 13.8. The molecule has 1 amide bonds. The molecule has 0 fully saturated rings. The van der Waals surface area contributed by atoms with Crippen LogP contribution in [0.2, 0.25) is 0 Å². The lowest BCUT2D eigenvalue weighted by molar-refractivity contribution is -0.127. The standard InChI is InChI=1S/C13H16BrNO2/c1-7(2)12-13(16)15(4)10-5-8(3)9(14)6-11(10)17-12/h5-7,12H,1-4H3. The van der Waals surface area contributed by atoms with Gasteiger partial charge in [-0.05, 0) is 30.5 Å². The van der Waals surface area contributed by atoms with Crippen LogP contribution in [0.1, 0.15) is 19.4 Å². The molecule has 1 unspecified atom stereocenters. The second-order valence-electron chi connectivity index (χ2n) is 4.75. The van der Waals surface area contributed by atoms with Crippen molar-refractivity contribution in [2.45, 2.75) is 26.9 Å². The monoisotopic (exact) mass is 297 g/mol. The molecule has 3 nitrogen and oxygen atoms in total. The van der Waals surface area contributed by atoms with Crippen LogP contribution in [0, 0.1) is 12.8 Å². The number of benzene rings is 1. The molecule has 0 bridgehead atoms. The lowest BCUT2D eigenvalue weighted by Gasteiger charge is -2.34. The third kappa shape index (κ3) is 2.06. The van der Waals surface area contributed by atoms with Gasteiger partial charge in [-0.2, -0.15) is 0 Å². The zero-order chi connectivity index (χ0) is 12.7. The van der Waals surface area contributed by atoms with Gasteiger partial charge in [0.25, 0.3) is 5.91 Å². The molecule has 1 aliphatic rings. The first-order valence-corrected chi connectivity index (χ1v) is 6.45. The summed E-state index contributed by atoms with van der Waals surface area (Å²) < 4.78 is 6.79. The van der Waals surface area contributed by atoms with Gasteiger partial charge in [0.05, 0.1) is 5.69 Å². The van der Waals surface area contributed by atoms with Crippen LogP contribution in [0.3, 0.4) is 0 Å². The Kier molecular flexibility index (Phi) is 3.17. The van der Waals surface area contributed by atoms with E-state index in [1.54, 1.807) is 11.9 Å². The largest absolute Gasteiger partial charge is 0.478 e. The SMILES string of the molecule is Cc1cc2c(cc1Br)OC(C(C)C)C(=O)N2C. The number of amides is 1. The first-order chi connectivity index (χ1) is 7.91. The van der Waals surface area contributed by atoms with E-state index in [0.29, 0.717) is 0 Å². The zero-order valence-corrected chi connectivity index (χ0v) is 12.0. The van der Waals surface area contributed by atoms with Gasteiger partial charge in [-0.1, -0.05) is 29.8 Å². The Morgan fingerprint density at radius 3 is 2.65 bits per heavy atom. The summed E-state index contributed by atoms with van der Waals surface area (Å²) in [5.74, 6) is 0.954. The minimum atomic E-state index is -0.387. The third-order valence-electron chi connectivity index (χ3n) is 3.03. The maximum Gasteiger partial charge on any atom is 0.268 e. The molecule has 0 aromatic heterocycles. The highest BCUT2D eigenvalue weighted by atomic mass is 79.9. The van der Waals surface area contributed by atoms with E-state index in [1.807, 2.05) is 32.9 Å². The number of fused-ring (bicyclic) bond motifs is 1. The van der Waals surface area contributed by atoms with Crippen molar-refractivity contribution >= 4 is 27.5 Å². The van der Waals surface area contributed by atoms with Crippen molar-refractivity contribution in [3.8, 4) is 5.75 Å². The summed E-state index contributed by atoms with van der Waals surface area (Å²) in [7, 11) is 1.80. The summed E-state index contributed by atoms with van der Waals surface area (Å²) in [5.41, 5.74) is 1.93. The molecule has 0 radical (unpaired) electrons. The third-order valence-corrected chi connectivity index (χ3v) is 3.89. The van der Waals surface area contributed by atoms with Crippen LogP contribution in [0.15, 0.2) is 16.6 Å². The van der Waals surface area contributed by atoms with Gasteiger partial charge in [-0.3, -0.25) is 4.79 Å². The predicted octanol–water partition coefficient (Wildman–Crippen LogP) is 3.14. The number of carbonyl (C=O) groups is 1. The van der Waals surface area contributed by atoms with E-state index < -0.39 is 0 Å². The van der Waals surface area contributed by atoms with Crippen molar-refractivity contribution in [3.63, 3.8) is 0 Å². The fourth-order valence-electron chi connectivity index (χ4n) is 1.92. The summed E-state index contributed by atoms with van der Waals surface area (Å²) in [6, 6.07) is 3.90. The Morgan fingerprint density at radius 1 is 1.41 bits per heavy atom. The molecule has 1 aliphatic heterocycles. The Bertz CT molecular complexity index is 471. The molecule has 0 saturated carbocycles. The van der Waals surface area contributed by atoms with Gasteiger partial charge in [0.2, 0.25) is 0 Å². The molecule has 1 aromatic rings. The molecular weight excluding hydrogens is 282 g/mol. The number of hydrogen-bond acceptors (Lipinski definition) is 2. The number of likely N-dealkylation sites (N-methyl/N-ethyl adjacent to an activating group) is 1. The number of aryl methyl sites for hydroxylation is 1. The molecular formula is C13H16BrNO2. The highest BCUT2D eigenvalue weighted by molar-refractivity contribution is 9.10. The molecule has 0 aliphatic carbocycles. The van der Waals surface area contributed by atoms with Crippen LogP contribution in [0.25, 0.3) is 0 Å². The van der Waals surface area contributed by atoms with Crippen molar-refractivity contribution < 1.29 is 9.53 Å². The van der Waals surface area contributed by atoms with Gasteiger partial charge in [0, 0.05) is 11.5 Å². The average Bonchev–Trinajstić information content (AvgIpc) is 2.26. The fourth-order valence-corrected chi connectivity index (χ4v) is 2.24. The van der Waals surface area contributed by atoms with Crippen LogP contribution in [-0.4, -0.2) is 19.1 Å². The Hall–Kier alpha value is -1.03. The van der Waals surface area contributed by atoms with Crippen molar-refractivity contribution in [2.24, 2.45) is 5.92 Å². The van der Waals surface area contributed by atoms with E-state index in [2.05, 4.69) is 15.9 Å². The number of carbonyl (C=O) groups excluding carboxylic acids is 1. The zero-order valence-electron chi connectivity index (χ0n) is 10.5. The van der Waals surface area contributed by atoms with Gasteiger partial charge < -0.3 is 9.64 Å². The minimum Gasteiger partial charge on any atom is -0.478 e. The lowest BCUT2D eigenvalue weighted by atomic mass is 10.0. The van der Waals surface area contributed by atoms with Crippen LogP contribution >= 0.6 is 15.9 Å². The van der Waals surface area contributed by atoms with Gasteiger partial charge in [-0.15, -0.1) is 0 Å². The highest BCUT2D eigenvalue weighted by Gasteiger charge is 2.34. The number of ether oxygens (including phenoxy) is 1. The van der Waals surface area contributed by atoms with E-state index in [4.69, 9.17) is 4.74 Å². The van der Waals surface area contributed by atoms with E-state index in [0.717, 1.165) is 21.5 Å². The van der Waals surface area contributed by atoms with Crippen molar-refractivity contribution in [1.29, 1.82) is 0 Å². The molecule has 92 valence electrons. The summed E-state index contributed by atoms with van der Waals surface area (Å²) >= 11 is 3.48. The van der Waals surface area contributed by atoms with E-state index >= 15 is 0 Å². The van der Waals surface area contributed by atoms with Gasteiger partial charge in [0.1, 0.15) is 5.75 Å². The van der Waals surface area contributed by atoms with Crippen molar-refractivity contribution in [3.05, 3.63) is 22.2 Å². The summed E-state index contributed by atoms with van der Waals surface area (Å²) in [5, 5.41) is 0. The topological polar surface area (TPSA) is 29.5 Å². The summed E-state index contributed by atoms with van der Waals surface area (Å²) in [6.07, 6.45) is -0.387. The maximum absolute atomic E-state index is 12.1. The molecule has 0 N–H and O–H groups in total. The minimum absolute atomic E-state index is 0.0224. The molecule has 1 heterocycles. The molecule has 1 atom stereocenters. The highest BCUT2D eigenvalue weighted by Crippen LogP contribution is 2.38. The number of anilines is 1. The number of hydrogen-bond donors (Lipinski definition) is 0. The Balaban J connectivity index is 2.49. The molecule has 1 aromatic carbocycles. The average molecular weight is 298 g/mol. The van der Waals surface area contributed by atoms with Crippen LogP contribution in [-0.2, 0) is 4.79 Å². The molecule has 0 spiro atoms. The first-order valence-electron chi connectivity index (χ1n) is 5.66. The van der Waals surface area contributed by atoms with Gasteiger partial charge in [0.15, 0.2) is 6.10 Å².